The van der Waals surface area contributed by atoms with E-state index in [1.165, 1.54) is 0 Å². The van der Waals surface area contributed by atoms with Gasteiger partial charge in [0.05, 0.1) is 19.6 Å². The molecule has 1 fully saturated rings. The van der Waals surface area contributed by atoms with Gasteiger partial charge in [-0.3, -0.25) is 4.79 Å². The summed E-state index contributed by atoms with van der Waals surface area (Å²) in [4.78, 5) is 13.9. The molecule has 1 aliphatic rings. The minimum Gasteiger partial charge on any atom is -0.376 e. The highest BCUT2D eigenvalue weighted by Gasteiger charge is 2.14. The van der Waals surface area contributed by atoms with Crippen molar-refractivity contribution in [1.82, 2.24) is 10.2 Å². The van der Waals surface area contributed by atoms with Crippen molar-refractivity contribution in [1.29, 1.82) is 0 Å². The Bertz CT molecular complexity index is 379. The van der Waals surface area contributed by atoms with Gasteiger partial charge in [-0.25, -0.2) is 0 Å². The number of benzene rings is 1. The molecule has 20 heavy (non-hydrogen) atoms. The molecule has 5 heteroatoms. The lowest BCUT2D eigenvalue weighted by molar-refractivity contribution is -0.132. The molecule has 1 saturated heterocycles. The van der Waals surface area contributed by atoms with Crippen LogP contribution in [0.1, 0.15) is 18.4 Å². The van der Waals surface area contributed by atoms with E-state index in [0.717, 1.165) is 38.2 Å². The molecule has 1 heterocycles. The molecule has 4 nitrogen and oxygen atoms in total. The van der Waals surface area contributed by atoms with Crippen LogP contribution in [0.5, 0.6) is 0 Å². The number of amides is 1. The van der Waals surface area contributed by atoms with Gasteiger partial charge in [-0.15, -0.1) is 12.4 Å². The summed E-state index contributed by atoms with van der Waals surface area (Å²) in [5.74, 6) is 0.205. The third-order valence-corrected chi connectivity index (χ3v) is 3.26. The second-order valence-electron chi connectivity index (χ2n) is 4.77. The van der Waals surface area contributed by atoms with Gasteiger partial charge in [0.1, 0.15) is 0 Å². The molecule has 1 aromatic carbocycles. The van der Waals surface area contributed by atoms with Crippen LogP contribution in [0.25, 0.3) is 0 Å². The molecule has 2 rings (SSSR count). The van der Waals surface area contributed by atoms with Crippen molar-refractivity contribution in [3.05, 3.63) is 35.9 Å². The van der Waals surface area contributed by atoms with Crippen LogP contribution in [0.2, 0.25) is 0 Å². The number of hydrogen-bond acceptors (Lipinski definition) is 3. The Labute approximate surface area is 126 Å². The van der Waals surface area contributed by atoms with E-state index in [1.54, 1.807) is 0 Å². The highest BCUT2D eigenvalue weighted by Crippen LogP contribution is 2.03. The predicted octanol–water partition coefficient (Wildman–Crippen LogP) is 1.84. The molecule has 112 valence electrons. The molecule has 1 aliphatic heterocycles. The summed E-state index contributed by atoms with van der Waals surface area (Å²) >= 11 is 0. The molecule has 1 aromatic rings. The fourth-order valence-corrected chi connectivity index (χ4v) is 2.18. The number of ether oxygens (including phenoxy) is 1. The van der Waals surface area contributed by atoms with E-state index < -0.39 is 0 Å². The van der Waals surface area contributed by atoms with E-state index in [4.69, 9.17) is 4.74 Å². The van der Waals surface area contributed by atoms with E-state index in [0.29, 0.717) is 19.6 Å². The quantitative estimate of drug-likeness (QED) is 0.844. The second kappa shape index (κ2) is 9.75. The molecule has 0 aliphatic carbocycles. The highest BCUT2D eigenvalue weighted by molar-refractivity contribution is 5.85. The Balaban J connectivity index is 0.00000200. The van der Waals surface area contributed by atoms with E-state index in [2.05, 4.69) is 5.32 Å². The fraction of sp³-hybridized carbons (Fsp3) is 0.533. The molecule has 0 bridgehead atoms. The van der Waals surface area contributed by atoms with Gasteiger partial charge < -0.3 is 15.0 Å². The van der Waals surface area contributed by atoms with E-state index in [-0.39, 0.29) is 18.3 Å². The van der Waals surface area contributed by atoms with Gasteiger partial charge in [-0.2, -0.15) is 0 Å². The minimum atomic E-state index is 0. The highest BCUT2D eigenvalue weighted by atomic mass is 35.5. The standard InChI is InChI=1S/C15H22N2O2.ClH/c18-15(17-10-4-8-16-9-11-17)7-12-19-13-14-5-2-1-3-6-14;/h1-3,5-6,16H,4,7-13H2;1H. The van der Waals surface area contributed by atoms with Gasteiger partial charge in [0, 0.05) is 19.6 Å². The third-order valence-electron chi connectivity index (χ3n) is 3.26. The van der Waals surface area contributed by atoms with Gasteiger partial charge in [0.2, 0.25) is 5.91 Å². The zero-order chi connectivity index (χ0) is 13.3. The maximum atomic E-state index is 12.0. The largest absolute Gasteiger partial charge is 0.376 e. The van der Waals surface area contributed by atoms with E-state index >= 15 is 0 Å². The molecule has 0 radical (unpaired) electrons. The molecule has 0 spiro atoms. The average molecular weight is 299 g/mol. The van der Waals surface area contributed by atoms with Crippen molar-refractivity contribution in [2.24, 2.45) is 0 Å². The third kappa shape index (κ3) is 5.90. The minimum absolute atomic E-state index is 0. The zero-order valence-electron chi connectivity index (χ0n) is 11.7. The van der Waals surface area contributed by atoms with Crippen LogP contribution in [0.15, 0.2) is 30.3 Å². The Morgan fingerprint density at radius 1 is 1.20 bits per heavy atom. The summed E-state index contributed by atoms with van der Waals surface area (Å²) in [7, 11) is 0. The van der Waals surface area contributed by atoms with Gasteiger partial charge in [-0.05, 0) is 18.5 Å². The van der Waals surface area contributed by atoms with Crippen molar-refractivity contribution in [2.75, 3.05) is 32.8 Å². The average Bonchev–Trinajstić information content (AvgIpc) is 2.73. The number of nitrogens with zero attached hydrogens (tertiary/aromatic N) is 1. The fourth-order valence-electron chi connectivity index (χ4n) is 2.18. The van der Waals surface area contributed by atoms with Crippen molar-refractivity contribution in [2.45, 2.75) is 19.4 Å². The number of carbonyl (C=O) groups excluding carboxylic acids is 1. The van der Waals surface area contributed by atoms with Crippen LogP contribution in [-0.4, -0.2) is 43.6 Å². The molecule has 1 amide bonds. The topological polar surface area (TPSA) is 41.6 Å². The Morgan fingerprint density at radius 2 is 2.00 bits per heavy atom. The summed E-state index contributed by atoms with van der Waals surface area (Å²) < 4.78 is 5.55. The van der Waals surface area contributed by atoms with Crippen molar-refractivity contribution < 1.29 is 9.53 Å². The second-order valence-corrected chi connectivity index (χ2v) is 4.77. The van der Waals surface area contributed by atoms with E-state index in [9.17, 15) is 4.79 Å². The molecular weight excluding hydrogens is 276 g/mol. The van der Waals surface area contributed by atoms with Crippen LogP contribution in [0.4, 0.5) is 0 Å². The molecule has 1 N–H and O–H groups in total. The molecule has 0 aromatic heterocycles. The summed E-state index contributed by atoms with van der Waals surface area (Å²) in [6.07, 6.45) is 1.52. The first kappa shape index (κ1) is 17.0. The van der Waals surface area contributed by atoms with Gasteiger partial charge in [0.25, 0.3) is 0 Å². The Kier molecular flexibility index (Phi) is 8.26. The first-order chi connectivity index (χ1) is 9.36. The smallest absolute Gasteiger partial charge is 0.224 e. The van der Waals surface area contributed by atoms with Gasteiger partial charge in [0.15, 0.2) is 0 Å². The lowest BCUT2D eigenvalue weighted by Gasteiger charge is -2.19. The first-order valence-electron chi connectivity index (χ1n) is 6.96. The zero-order valence-corrected chi connectivity index (χ0v) is 12.5. The number of hydrogen-bond donors (Lipinski definition) is 1. The van der Waals surface area contributed by atoms with Crippen LogP contribution >= 0.6 is 12.4 Å². The Hall–Kier alpha value is -1.10. The van der Waals surface area contributed by atoms with Gasteiger partial charge in [-0.1, -0.05) is 30.3 Å². The van der Waals surface area contributed by atoms with Crippen molar-refractivity contribution >= 4 is 18.3 Å². The van der Waals surface area contributed by atoms with Crippen molar-refractivity contribution in [3.63, 3.8) is 0 Å². The lowest BCUT2D eigenvalue weighted by Crippen LogP contribution is -2.34. The molecular formula is C15H23ClN2O2. The monoisotopic (exact) mass is 298 g/mol. The van der Waals surface area contributed by atoms with Crippen LogP contribution in [-0.2, 0) is 16.1 Å². The van der Waals surface area contributed by atoms with Crippen molar-refractivity contribution in [3.8, 4) is 0 Å². The molecule has 0 atom stereocenters. The summed E-state index contributed by atoms with van der Waals surface area (Å²) in [6, 6.07) is 10.0. The normalized spacial score (nSPS) is 15.3. The number of rotatable bonds is 5. The number of carbonyl (C=O) groups is 1. The summed E-state index contributed by atoms with van der Waals surface area (Å²) in [5.41, 5.74) is 1.15. The summed E-state index contributed by atoms with van der Waals surface area (Å²) in [6.45, 7) is 4.67. The first-order valence-corrected chi connectivity index (χ1v) is 6.96. The number of halogens is 1. The summed E-state index contributed by atoms with van der Waals surface area (Å²) in [5, 5.41) is 3.30. The van der Waals surface area contributed by atoms with E-state index in [1.807, 2.05) is 35.2 Å². The molecule has 0 saturated carbocycles. The number of nitrogens with one attached hydrogen (secondary N) is 1. The predicted molar refractivity (Wildman–Crippen MR) is 82.0 cm³/mol. The van der Waals surface area contributed by atoms with Crippen LogP contribution in [0, 0.1) is 0 Å². The molecule has 0 unspecified atom stereocenters. The SMILES string of the molecule is Cl.O=C(CCOCc1ccccc1)N1CCCNCC1. The Morgan fingerprint density at radius 3 is 2.80 bits per heavy atom. The lowest BCUT2D eigenvalue weighted by atomic mass is 10.2. The van der Waals surface area contributed by atoms with Gasteiger partial charge >= 0.3 is 0 Å². The maximum absolute atomic E-state index is 12.0. The van der Waals surface area contributed by atoms with Crippen LogP contribution in [0.3, 0.4) is 0 Å². The maximum Gasteiger partial charge on any atom is 0.224 e. The van der Waals surface area contributed by atoms with Crippen LogP contribution < -0.4 is 5.32 Å².